The predicted octanol–water partition coefficient (Wildman–Crippen LogP) is 1.91. The number of hydrogen-bond acceptors (Lipinski definition) is 2. The highest BCUT2D eigenvalue weighted by Gasteiger charge is 2.19. The van der Waals surface area contributed by atoms with Gasteiger partial charge in [-0.1, -0.05) is 13.8 Å². The van der Waals surface area contributed by atoms with Gasteiger partial charge in [0.05, 0.1) is 6.10 Å². The summed E-state index contributed by atoms with van der Waals surface area (Å²) in [4.78, 5) is 0. The molecule has 3 nitrogen and oxygen atoms in total. The molecule has 1 atom stereocenters. The molecule has 0 aromatic carbocycles. The van der Waals surface area contributed by atoms with Crippen LogP contribution >= 0.6 is 0 Å². The number of hydrogen-bond donors (Lipinski definition) is 2. The van der Waals surface area contributed by atoms with Crippen molar-refractivity contribution >= 4 is 0 Å². The number of aliphatic hydroxyl groups excluding tert-OH is 1. The number of aryl methyl sites for hydroxylation is 1. The van der Waals surface area contributed by atoms with Gasteiger partial charge in [0.1, 0.15) is 0 Å². The number of nitrogens with zero attached hydrogens (tertiary/aromatic N) is 1. The second kappa shape index (κ2) is 5.51. The summed E-state index contributed by atoms with van der Waals surface area (Å²) in [6, 6.07) is 4.17. The van der Waals surface area contributed by atoms with Crippen molar-refractivity contribution in [2.45, 2.75) is 39.8 Å². The fourth-order valence-electron chi connectivity index (χ4n) is 2.08. The summed E-state index contributed by atoms with van der Waals surface area (Å²) in [6.07, 6.45) is 2.65. The van der Waals surface area contributed by atoms with E-state index in [9.17, 15) is 5.11 Å². The highest BCUT2D eigenvalue weighted by Crippen LogP contribution is 2.21. The van der Waals surface area contributed by atoms with Gasteiger partial charge in [-0.2, -0.15) is 0 Å². The third kappa shape index (κ3) is 4.37. The first kappa shape index (κ1) is 13.3. The van der Waals surface area contributed by atoms with Crippen LogP contribution in [0.1, 0.15) is 32.9 Å². The normalized spacial score (nSPS) is 14.1. The Labute approximate surface area is 98.5 Å². The number of aromatic nitrogens is 1. The van der Waals surface area contributed by atoms with E-state index in [0.717, 1.165) is 19.5 Å². The quantitative estimate of drug-likeness (QED) is 0.774. The third-order valence-electron chi connectivity index (χ3n) is 2.81. The minimum Gasteiger partial charge on any atom is -0.393 e. The van der Waals surface area contributed by atoms with Crippen LogP contribution in [0.2, 0.25) is 0 Å². The van der Waals surface area contributed by atoms with Crippen LogP contribution in [-0.4, -0.2) is 22.3 Å². The Bertz CT molecular complexity index is 315. The van der Waals surface area contributed by atoms with Crippen molar-refractivity contribution in [1.82, 2.24) is 9.88 Å². The lowest BCUT2D eigenvalue weighted by molar-refractivity contribution is 0.128. The molecule has 2 N–H and O–H groups in total. The molecule has 1 aromatic rings. The Hall–Kier alpha value is -0.800. The molecule has 16 heavy (non-hydrogen) atoms. The lowest BCUT2D eigenvalue weighted by atomic mass is 9.87. The standard InChI is InChI=1S/C13H24N2O/c1-11(16)8-13(2,3)10-14-9-12-6-5-7-15(12)4/h5-7,11,14,16H,8-10H2,1-4H3. The van der Waals surface area contributed by atoms with E-state index in [4.69, 9.17) is 0 Å². The summed E-state index contributed by atoms with van der Waals surface area (Å²) in [5.41, 5.74) is 1.42. The van der Waals surface area contributed by atoms with Gasteiger partial charge in [0.25, 0.3) is 0 Å². The minimum atomic E-state index is -0.230. The fourth-order valence-corrected chi connectivity index (χ4v) is 2.08. The SMILES string of the molecule is CC(O)CC(C)(C)CNCc1cccn1C. The molecule has 0 aliphatic rings. The van der Waals surface area contributed by atoms with Crippen LogP contribution in [0.15, 0.2) is 18.3 Å². The van der Waals surface area contributed by atoms with Crippen molar-refractivity contribution in [3.63, 3.8) is 0 Å². The van der Waals surface area contributed by atoms with Crippen molar-refractivity contribution in [3.8, 4) is 0 Å². The van der Waals surface area contributed by atoms with Crippen molar-refractivity contribution in [2.75, 3.05) is 6.54 Å². The molecule has 0 bridgehead atoms. The molecule has 1 unspecified atom stereocenters. The van der Waals surface area contributed by atoms with Crippen molar-refractivity contribution in [3.05, 3.63) is 24.0 Å². The Morgan fingerprint density at radius 1 is 1.50 bits per heavy atom. The zero-order valence-corrected chi connectivity index (χ0v) is 10.8. The van der Waals surface area contributed by atoms with E-state index in [1.165, 1.54) is 5.69 Å². The van der Waals surface area contributed by atoms with Crippen molar-refractivity contribution in [2.24, 2.45) is 12.5 Å². The van der Waals surface area contributed by atoms with E-state index in [-0.39, 0.29) is 11.5 Å². The lowest BCUT2D eigenvalue weighted by Gasteiger charge is -2.26. The molecule has 1 heterocycles. The van der Waals surface area contributed by atoms with Crippen molar-refractivity contribution in [1.29, 1.82) is 0 Å². The van der Waals surface area contributed by atoms with Gasteiger partial charge in [-0.25, -0.2) is 0 Å². The Balaban J connectivity index is 2.32. The maximum atomic E-state index is 9.38. The van der Waals surface area contributed by atoms with Crippen LogP contribution in [-0.2, 0) is 13.6 Å². The van der Waals surface area contributed by atoms with E-state index < -0.39 is 0 Å². The van der Waals surface area contributed by atoms with Gasteiger partial charge in [-0.15, -0.1) is 0 Å². The average Bonchev–Trinajstić information content (AvgIpc) is 2.49. The first-order chi connectivity index (χ1) is 7.41. The molecule has 0 saturated carbocycles. The first-order valence-electron chi connectivity index (χ1n) is 5.90. The molecule has 3 heteroatoms. The number of aliphatic hydroxyl groups is 1. The molecule has 0 aliphatic carbocycles. The minimum absolute atomic E-state index is 0.138. The zero-order chi connectivity index (χ0) is 12.2. The fraction of sp³-hybridized carbons (Fsp3) is 0.692. The highest BCUT2D eigenvalue weighted by atomic mass is 16.3. The molecule has 1 aromatic heterocycles. The van der Waals surface area contributed by atoms with Gasteiger partial charge in [-0.05, 0) is 30.9 Å². The van der Waals surface area contributed by atoms with E-state index in [1.807, 2.05) is 6.92 Å². The largest absolute Gasteiger partial charge is 0.393 e. The molecule has 0 saturated heterocycles. The summed E-state index contributed by atoms with van der Waals surface area (Å²) < 4.78 is 2.12. The maximum Gasteiger partial charge on any atom is 0.0517 e. The molecule has 0 aliphatic heterocycles. The summed E-state index contributed by atoms with van der Waals surface area (Å²) >= 11 is 0. The molecule has 0 spiro atoms. The molecular formula is C13H24N2O. The second-order valence-electron chi connectivity index (χ2n) is 5.43. The summed E-state index contributed by atoms with van der Waals surface area (Å²) in [5.74, 6) is 0. The van der Waals surface area contributed by atoms with Crippen molar-refractivity contribution < 1.29 is 5.11 Å². The molecule has 1 rings (SSSR count). The molecular weight excluding hydrogens is 200 g/mol. The van der Waals surface area contributed by atoms with Crippen LogP contribution < -0.4 is 5.32 Å². The zero-order valence-electron chi connectivity index (χ0n) is 10.8. The van der Waals surface area contributed by atoms with Gasteiger partial charge in [0.2, 0.25) is 0 Å². The van der Waals surface area contributed by atoms with Crippen LogP contribution in [0.25, 0.3) is 0 Å². The first-order valence-corrected chi connectivity index (χ1v) is 5.90. The average molecular weight is 224 g/mol. The van der Waals surface area contributed by atoms with Gasteiger partial charge in [0, 0.05) is 32.0 Å². The summed E-state index contributed by atoms with van der Waals surface area (Å²) in [7, 11) is 2.05. The molecule has 0 amide bonds. The summed E-state index contributed by atoms with van der Waals surface area (Å²) in [6.45, 7) is 8.00. The van der Waals surface area contributed by atoms with E-state index in [1.54, 1.807) is 0 Å². The van der Waals surface area contributed by atoms with Gasteiger partial charge in [-0.3, -0.25) is 0 Å². The van der Waals surface area contributed by atoms with Crippen LogP contribution in [0, 0.1) is 5.41 Å². The monoisotopic (exact) mass is 224 g/mol. The number of nitrogens with one attached hydrogen (secondary N) is 1. The van der Waals surface area contributed by atoms with Crippen LogP contribution in [0.4, 0.5) is 0 Å². The topological polar surface area (TPSA) is 37.2 Å². The predicted molar refractivity (Wildman–Crippen MR) is 67.2 cm³/mol. The highest BCUT2D eigenvalue weighted by molar-refractivity contribution is 5.05. The summed E-state index contributed by atoms with van der Waals surface area (Å²) in [5, 5.41) is 12.8. The smallest absolute Gasteiger partial charge is 0.0517 e. The molecule has 92 valence electrons. The third-order valence-corrected chi connectivity index (χ3v) is 2.81. The van der Waals surface area contributed by atoms with E-state index in [2.05, 4.69) is 49.1 Å². The Morgan fingerprint density at radius 3 is 2.69 bits per heavy atom. The van der Waals surface area contributed by atoms with Crippen LogP contribution in [0.5, 0.6) is 0 Å². The lowest BCUT2D eigenvalue weighted by Crippen LogP contribution is -2.32. The number of rotatable bonds is 6. The van der Waals surface area contributed by atoms with Gasteiger partial charge < -0.3 is 15.0 Å². The van der Waals surface area contributed by atoms with Gasteiger partial charge >= 0.3 is 0 Å². The van der Waals surface area contributed by atoms with E-state index >= 15 is 0 Å². The molecule has 0 radical (unpaired) electrons. The molecule has 0 fully saturated rings. The van der Waals surface area contributed by atoms with Gasteiger partial charge in [0.15, 0.2) is 0 Å². The van der Waals surface area contributed by atoms with E-state index in [0.29, 0.717) is 0 Å². The van der Waals surface area contributed by atoms with Crippen LogP contribution in [0.3, 0.4) is 0 Å². The Morgan fingerprint density at radius 2 is 2.19 bits per heavy atom. The maximum absolute atomic E-state index is 9.38. The second-order valence-corrected chi connectivity index (χ2v) is 5.43. The Kier molecular flexibility index (Phi) is 4.56.